The van der Waals surface area contributed by atoms with Gasteiger partial charge in [-0.1, -0.05) is 18.2 Å². The van der Waals surface area contributed by atoms with Crippen LogP contribution >= 0.6 is 0 Å². The molecule has 0 spiro atoms. The van der Waals surface area contributed by atoms with Crippen LogP contribution < -0.4 is 5.43 Å². The molecule has 178 valence electrons. The van der Waals surface area contributed by atoms with E-state index in [9.17, 15) is 18.8 Å². The number of nitrogens with one attached hydrogen (secondary N) is 2. The van der Waals surface area contributed by atoms with Crippen LogP contribution in [0.5, 0.6) is 0 Å². The van der Waals surface area contributed by atoms with Gasteiger partial charge in [-0.25, -0.2) is 4.39 Å². The van der Waals surface area contributed by atoms with Crippen LogP contribution in [-0.4, -0.2) is 82.8 Å². The number of carbonyl (C=O) groups excluding carboxylic acids is 3. The second kappa shape index (κ2) is 9.01. The molecule has 3 aromatic rings. The van der Waals surface area contributed by atoms with Gasteiger partial charge >= 0.3 is 0 Å². The number of benzene rings is 2. The zero-order valence-corrected chi connectivity index (χ0v) is 18.9. The van der Waals surface area contributed by atoms with Gasteiger partial charge in [-0.3, -0.25) is 24.8 Å². The number of hydrazine groups is 1. The van der Waals surface area contributed by atoms with Crippen LogP contribution in [0.3, 0.4) is 0 Å². The molecule has 1 aromatic heterocycles. The average Bonchev–Trinajstić information content (AvgIpc) is 3.34. The third-order valence-electron chi connectivity index (χ3n) is 6.02. The van der Waals surface area contributed by atoms with Gasteiger partial charge in [0.1, 0.15) is 12.2 Å². The Morgan fingerprint density at radius 3 is 2.40 bits per heavy atom. The zero-order valence-electron chi connectivity index (χ0n) is 18.9. The quantitative estimate of drug-likeness (QED) is 0.440. The van der Waals surface area contributed by atoms with E-state index in [4.69, 9.17) is 0 Å². The molecule has 2 aromatic carbocycles. The first-order valence-corrected chi connectivity index (χ1v) is 11.0. The molecule has 2 aliphatic rings. The molecule has 1 fully saturated rings. The van der Waals surface area contributed by atoms with Crippen LogP contribution in [0.15, 0.2) is 58.9 Å². The predicted octanol–water partition coefficient (Wildman–Crippen LogP) is 1.61. The van der Waals surface area contributed by atoms with Crippen molar-refractivity contribution in [3.8, 4) is 0 Å². The monoisotopic (exact) mass is 475 g/mol. The summed E-state index contributed by atoms with van der Waals surface area (Å²) in [5, 5.41) is 9.51. The number of aromatic amines is 1. The molecule has 1 saturated heterocycles. The second-order valence-corrected chi connectivity index (χ2v) is 8.23. The summed E-state index contributed by atoms with van der Waals surface area (Å²) >= 11 is 0. The Hall–Kier alpha value is -4.54. The van der Waals surface area contributed by atoms with Crippen molar-refractivity contribution in [3.05, 3.63) is 71.2 Å². The summed E-state index contributed by atoms with van der Waals surface area (Å²) in [6, 6.07) is 11.6. The van der Waals surface area contributed by atoms with E-state index in [-0.39, 0.29) is 29.9 Å². The van der Waals surface area contributed by atoms with Gasteiger partial charge in [0.15, 0.2) is 5.84 Å². The topological polar surface area (TPSA) is 113 Å². The highest BCUT2D eigenvalue weighted by Gasteiger charge is 2.31. The lowest BCUT2D eigenvalue weighted by molar-refractivity contribution is -0.127. The van der Waals surface area contributed by atoms with Crippen LogP contribution in [0, 0.1) is 5.82 Å². The number of nitrogens with zero attached hydrogens (tertiary/aromatic N) is 5. The minimum absolute atomic E-state index is 0.0143. The van der Waals surface area contributed by atoms with E-state index in [1.165, 1.54) is 29.6 Å². The standard InChI is InChI=1S/C24H22FN7O3/c1-30-14-27-28-22(29-30)16-7-8-18(25)19-17(13-26-20(16)19)21(33)24(35)32-11-9-31(10-12-32)23(34)15-5-3-2-4-6-15/h2-8,13-14,26H,9-12H2,1H3,(H,28,29). The van der Waals surface area contributed by atoms with Crippen molar-refractivity contribution >= 4 is 40.7 Å². The summed E-state index contributed by atoms with van der Waals surface area (Å²) in [6.07, 6.45) is 2.81. The van der Waals surface area contributed by atoms with Gasteiger partial charge in [0.25, 0.3) is 17.6 Å². The number of halogens is 1. The number of ketones is 1. The number of piperazine rings is 1. The number of amides is 2. The fourth-order valence-electron chi connectivity index (χ4n) is 4.21. The molecule has 2 amide bonds. The number of fused-ring (bicyclic) bond motifs is 1. The molecule has 0 radical (unpaired) electrons. The maximum Gasteiger partial charge on any atom is 0.295 e. The van der Waals surface area contributed by atoms with Gasteiger partial charge in [0.05, 0.1) is 11.1 Å². The minimum Gasteiger partial charge on any atom is -0.360 e. The highest BCUT2D eigenvalue weighted by Crippen LogP contribution is 2.26. The van der Waals surface area contributed by atoms with Crippen LogP contribution in [-0.2, 0) is 4.79 Å². The lowest BCUT2D eigenvalue weighted by Crippen LogP contribution is -2.52. The fraction of sp³-hybridized carbons (Fsp3) is 0.208. The van der Waals surface area contributed by atoms with Gasteiger partial charge in [0.2, 0.25) is 0 Å². The van der Waals surface area contributed by atoms with Gasteiger partial charge < -0.3 is 14.8 Å². The number of hydrogen-bond donors (Lipinski definition) is 2. The lowest BCUT2D eigenvalue weighted by atomic mass is 10.0. The molecule has 2 N–H and O–H groups in total. The molecule has 10 nitrogen and oxygen atoms in total. The van der Waals surface area contributed by atoms with Crippen molar-refractivity contribution in [3.63, 3.8) is 0 Å². The molecule has 5 rings (SSSR count). The summed E-state index contributed by atoms with van der Waals surface area (Å²) in [4.78, 5) is 44.7. The molecular weight excluding hydrogens is 453 g/mol. The van der Waals surface area contributed by atoms with Crippen molar-refractivity contribution in [1.82, 2.24) is 25.2 Å². The number of aromatic nitrogens is 1. The molecule has 0 unspecified atom stereocenters. The number of Topliss-reactive ketones (excluding diaryl/α,β-unsaturated/α-hetero) is 1. The molecule has 2 aliphatic heterocycles. The molecule has 3 heterocycles. The van der Waals surface area contributed by atoms with Gasteiger partial charge in [0, 0.05) is 55.9 Å². The third kappa shape index (κ3) is 4.12. The van der Waals surface area contributed by atoms with E-state index >= 15 is 0 Å². The van der Waals surface area contributed by atoms with Crippen LogP contribution in [0.4, 0.5) is 4.39 Å². The summed E-state index contributed by atoms with van der Waals surface area (Å²) in [5.74, 6) is -1.94. The average molecular weight is 475 g/mol. The number of hydrogen-bond acceptors (Lipinski definition) is 7. The van der Waals surface area contributed by atoms with E-state index < -0.39 is 17.5 Å². The van der Waals surface area contributed by atoms with Crippen LogP contribution in [0.2, 0.25) is 0 Å². The maximum absolute atomic E-state index is 14.8. The van der Waals surface area contributed by atoms with E-state index in [1.54, 1.807) is 41.2 Å². The fourth-order valence-corrected chi connectivity index (χ4v) is 4.21. The van der Waals surface area contributed by atoms with E-state index in [1.807, 2.05) is 6.07 Å². The molecular formula is C24H22FN7O3. The number of H-pyrrole nitrogens is 1. The Morgan fingerprint density at radius 2 is 1.69 bits per heavy atom. The Balaban J connectivity index is 1.34. The molecule has 0 saturated carbocycles. The Morgan fingerprint density at radius 1 is 0.971 bits per heavy atom. The Kier molecular flexibility index (Phi) is 5.73. The van der Waals surface area contributed by atoms with E-state index in [0.29, 0.717) is 35.6 Å². The Labute approximate surface area is 199 Å². The number of carbonyl (C=O) groups is 3. The highest BCUT2D eigenvalue weighted by molar-refractivity contribution is 6.45. The van der Waals surface area contributed by atoms with Crippen molar-refractivity contribution < 1.29 is 18.8 Å². The van der Waals surface area contributed by atoms with E-state index in [0.717, 1.165) is 0 Å². The second-order valence-electron chi connectivity index (χ2n) is 8.23. The largest absolute Gasteiger partial charge is 0.360 e. The predicted molar refractivity (Wildman–Crippen MR) is 127 cm³/mol. The minimum atomic E-state index is -0.816. The van der Waals surface area contributed by atoms with Crippen molar-refractivity contribution in [2.75, 3.05) is 33.2 Å². The van der Waals surface area contributed by atoms with Gasteiger partial charge in [-0.2, -0.15) is 0 Å². The molecule has 11 heteroatoms. The zero-order chi connectivity index (χ0) is 24.5. The first-order valence-electron chi connectivity index (χ1n) is 11.0. The van der Waals surface area contributed by atoms with Crippen molar-refractivity contribution in [2.45, 2.75) is 0 Å². The normalized spacial score (nSPS) is 15.7. The maximum atomic E-state index is 14.8. The van der Waals surface area contributed by atoms with Gasteiger partial charge in [-0.05, 0) is 24.3 Å². The molecule has 35 heavy (non-hydrogen) atoms. The summed E-state index contributed by atoms with van der Waals surface area (Å²) in [6.45, 7) is 1.03. The SMILES string of the molecule is CN1C=NN=C(c2ccc(F)c3c(C(=O)C(=O)N4CCN(C(=O)c5ccccc5)CC4)c[nH]c23)N1. The molecule has 0 atom stereocenters. The number of amidine groups is 1. The summed E-state index contributed by atoms with van der Waals surface area (Å²) in [5.41, 5.74) is 4.33. The van der Waals surface area contributed by atoms with Crippen molar-refractivity contribution in [2.24, 2.45) is 10.2 Å². The first-order chi connectivity index (χ1) is 16.9. The third-order valence-corrected chi connectivity index (χ3v) is 6.02. The van der Waals surface area contributed by atoms with Crippen LogP contribution in [0.1, 0.15) is 26.3 Å². The number of rotatable bonds is 4. The summed E-state index contributed by atoms with van der Waals surface area (Å²) in [7, 11) is 1.73. The molecule has 0 aliphatic carbocycles. The van der Waals surface area contributed by atoms with E-state index in [2.05, 4.69) is 20.6 Å². The van der Waals surface area contributed by atoms with Gasteiger partial charge in [-0.15, -0.1) is 10.2 Å². The molecule has 0 bridgehead atoms. The Bertz CT molecular complexity index is 1370. The van der Waals surface area contributed by atoms with Crippen LogP contribution in [0.25, 0.3) is 10.9 Å². The van der Waals surface area contributed by atoms with Crippen molar-refractivity contribution in [1.29, 1.82) is 0 Å². The smallest absolute Gasteiger partial charge is 0.295 e. The summed E-state index contributed by atoms with van der Waals surface area (Å²) < 4.78 is 14.8. The lowest BCUT2D eigenvalue weighted by Gasteiger charge is -2.34. The highest BCUT2D eigenvalue weighted by atomic mass is 19.1. The first kappa shape index (κ1) is 22.3.